The zero-order valence-corrected chi connectivity index (χ0v) is 14.5. The summed E-state index contributed by atoms with van der Waals surface area (Å²) in [6.07, 6.45) is 0. The Morgan fingerprint density at radius 3 is 1.75 bits per heavy atom. The van der Waals surface area contributed by atoms with Gasteiger partial charge in [-0.15, -0.1) is 0 Å². The lowest BCUT2D eigenvalue weighted by Crippen LogP contribution is -1.95. The van der Waals surface area contributed by atoms with Crippen LogP contribution in [-0.2, 0) is 4.79 Å². The minimum atomic E-state index is 0.180. The van der Waals surface area contributed by atoms with Crippen LogP contribution in [0.4, 0.5) is 0 Å². The van der Waals surface area contributed by atoms with Gasteiger partial charge in [-0.05, 0) is 49.2 Å². The first-order valence-electron chi connectivity index (χ1n) is 7.68. The molecule has 2 heteroatoms. The predicted molar refractivity (Wildman–Crippen MR) is 102 cm³/mol. The molecule has 120 valence electrons. The van der Waals surface area contributed by atoms with Crippen molar-refractivity contribution < 1.29 is 4.79 Å². The van der Waals surface area contributed by atoms with Crippen molar-refractivity contribution in [2.75, 3.05) is 0 Å². The van der Waals surface area contributed by atoms with Crippen molar-refractivity contribution in [2.45, 2.75) is 22.6 Å². The van der Waals surface area contributed by atoms with E-state index in [4.69, 9.17) is 4.79 Å². The van der Waals surface area contributed by atoms with Gasteiger partial charge in [0, 0.05) is 15.7 Å². The van der Waals surface area contributed by atoms with Crippen LogP contribution >= 0.6 is 11.8 Å². The van der Waals surface area contributed by atoms with Crippen LogP contribution in [0.2, 0.25) is 0 Å². The number of carbonyl (C=O) groups excluding carboxylic acids is 1. The van der Waals surface area contributed by atoms with E-state index < -0.39 is 0 Å². The topological polar surface area (TPSA) is 17.1 Å². The third kappa shape index (κ3) is 4.84. The van der Waals surface area contributed by atoms with Crippen LogP contribution in [0.15, 0.2) is 88.7 Å². The number of hydrogen-bond donors (Lipinski definition) is 0. The normalized spacial score (nSPS) is 11.2. The first-order valence-corrected chi connectivity index (χ1v) is 8.50. The highest BCUT2D eigenvalue weighted by Crippen LogP contribution is 2.30. The largest absolute Gasteiger partial charge is 0.295 e. The summed E-state index contributed by atoms with van der Waals surface area (Å²) in [6, 6.07) is 27.8. The molecule has 0 spiro atoms. The summed E-state index contributed by atoms with van der Waals surface area (Å²) in [7, 11) is 0. The molecule has 0 saturated heterocycles. The van der Waals surface area contributed by atoms with Gasteiger partial charge in [-0.2, -0.15) is 0 Å². The summed E-state index contributed by atoms with van der Waals surface area (Å²) in [5.41, 5.74) is 3.79. The lowest BCUT2D eigenvalue weighted by molar-refractivity contribution is 0.574. The highest BCUT2D eigenvalue weighted by atomic mass is 32.2. The fourth-order valence-corrected chi connectivity index (χ4v) is 3.20. The molecule has 3 aromatic carbocycles. The van der Waals surface area contributed by atoms with Gasteiger partial charge in [0.2, 0.25) is 0 Å². The molecule has 0 fully saturated rings. The average molecular weight is 332 g/mol. The Morgan fingerprint density at radius 1 is 0.750 bits per heavy atom. The van der Waals surface area contributed by atoms with E-state index in [1.54, 1.807) is 11.8 Å². The van der Waals surface area contributed by atoms with Crippen LogP contribution in [-0.4, -0.2) is 6.79 Å². The molecule has 2 radical (unpaired) electrons. The van der Waals surface area contributed by atoms with Crippen molar-refractivity contribution in [3.05, 3.63) is 102 Å². The lowest BCUT2D eigenvalue weighted by Gasteiger charge is -2.12. The van der Waals surface area contributed by atoms with Gasteiger partial charge in [0.1, 0.15) is 0 Å². The smallest absolute Gasteiger partial charge is 0.182 e. The van der Waals surface area contributed by atoms with Crippen molar-refractivity contribution in [2.24, 2.45) is 0 Å². The molecule has 0 bridgehead atoms. The Labute approximate surface area is 148 Å². The second-order valence-corrected chi connectivity index (χ2v) is 6.59. The van der Waals surface area contributed by atoms with Gasteiger partial charge in [0.05, 0.1) is 0 Å². The minimum Gasteiger partial charge on any atom is -0.295 e. The van der Waals surface area contributed by atoms with Gasteiger partial charge in [0.15, 0.2) is 6.79 Å². The molecule has 1 atom stereocenters. The quantitative estimate of drug-likeness (QED) is 0.558. The summed E-state index contributed by atoms with van der Waals surface area (Å²) in [5.74, 6) is 0.180. The van der Waals surface area contributed by atoms with E-state index in [9.17, 15) is 0 Å². The molecule has 0 aliphatic rings. The zero-order chi connectivity index (χ0) is 17.4. The summed E-state index contributed by atoms with van der Waals surface area (Å²) in [4.78, 5) is 10.3. The van der Waals surface area contributed by atoms with E-state index in [0.29, 0.717) is 0 Å². The van der Waals surface area contributed by atoms with E-state index in [1.807, 2.05) is 6.07 Å². The summed E-state index contributed by atoms with van der Waals surface area (Å²) in [6.45, 7) is 9.66. The molecule has 0 aliphatic heterocycles. The van der Waals surface area contributed by atoms with Gasteiger partial charge in [-0.1, -0.05) is 71.9 Å². The van der Waals surface area contributed by atoms with Gasteiger partial charge in [0.25, 0.3) is 0 Å². The summed E-state index contributed by atoms with van der Waals surface area (Å²) >= 11 is 1.79. The second kappa shape index (κ2) is 9.09. The Kier molecular flexibility index (Phi) is 6.83. The maximum absolute atomic E-state index is 7.75. The van der Waals surface area contributed by atoms with E-state index >= 15 is 0 Å². The molecular weight excluding hydrogens is 312 g/mol. The molecule has 3 aromatic rings. The fraction of sp³-hybridized carbons (Fsp3) is 0.0909. The molecule has 3 rings (SSSR count). The van der Waals surface area contributed by atoms with E-state index in [-0.39, 0.29) is 5.92 Å². The van der Waals surface area contributed by atoms with Crippen molar-refractivity contribution >= 4 is 18.6 Å². The van der Waals surface area contributed by atoms with E-state index in [0.717, 1.165) is 0 Å². The van der Waals surface area contributed by atoms with Gasteiger partial charge >= 0.3 is 0 Å². The SMILES string of the molecule is [CH2]C(c1ccccc1)c1ccc(Sc2ccc(C)cc2)cc1.[CH]=O. The van der Waals surface area contributed by atoms with Crippen LogP contribution in [0.25, 0.3) is 0 Å². The first kappa shape index (κ1) is 18.0. The van der Waals surface area contributed by atoms with Crippen LogP contribution < -0.4 is 0 Å². The molecule has 0 amide bonds. The summed E-state index contributed by atoms with van der Waals surface area (Å²) < 4.78 is 0. The third-order valence-corrected chi connectivity index (χ3v) is 4.76. The molecular formula is C22H20OS. The highest BCUT2D eigenvalue weighted by molar-refractivity contribution is 7.99. The molecule has 24 heavy (non-hydrogen) atoms. The van der Waals surface area contributed by atoms with E-state index in [2.05, 4.69) is 93.4 Å². The number of hydrogen-bond acceptors (Lipinski definition) is 2. The lowest BCUT2D eigenvalue weighted by atomic mass is 9.93. The van der Waals surface area contributed by atoms with Gasteiger partial charge in [-0.25, -0.2) is 0 Å². The molecule has 1 nitrogen and oxygen atoms in total. The molecule has 1 unspecified atom stereocenters. The maximum Gasteiger partial charge on any atom is 0.182 e. The fourth-order valence-electron chi connectivity index (χ4n) is 2.39. The standard InChI is InChI=1S/C21H19S.CHO/c1-16-8-12-20(13-9-16)22-21-14-10-19(11-15-21)17(2)18-6-4-3-5-7-18;1-2/h3-15,17H,2H2,1H3;1H. The van der Waals surface area contributed by atoms with Gasteiger partial charge in [-0.3, -0.25) is 4.79 Å². The predicted octanol–water partition coefficient (Wildman–Crippen LogP) is 5.84. The zero-order valence-electron chi connectivity index (χ0n) is 13.7. The molecule has 0 aromatic heterocycles. The van der Waals surface area contributed by atoms with E-state index in [1.165, 1.54) is 26.5 Å². The van der Waals surface area contributed by atoms with Crippen molar-refractivity contribution in [1.82, 2.24) is 0 Å². The number of aryl methyl sites for hydroxylation is 1. The highest BCUT2D eigenvalue weighted by Gasteiger charge is 2.08. The molecule has 0 aliphatic carbocycles. The molecule has 0 N–H and O–H groups in total. The first-order chi connectivity index (χ1) is 11.7. The minimum absolute atomic E-state index is 0.180. The Morgan fingerprint density at radius 2 is 1.21 bits per heavy atom. The Hall–Kier alpha value is -2.32. The Balaban J connectivity index is 0.00000100. The van der Waals surface area contributed by atoms with Crippen molar-refractivity contribution in [3.8, 4) is 0 Å². The average Bonchev–Trinajstić information content (AvgIpc) is 2.66. The number of benzene rings is 3. The van der Waals surface area contributed by atoms with Crippen LogP contribution in [0.3, 0.4) is 0 Å². The third-order valence-electron chi connectivity index (χ3n) is 3.74. The maximum atomic E-state index is 7.75. The van der Waals surface area contributed by atoms with Crippen molar-refractivity contribution in [1.29, 1.82) is 0 Å². The van der Waals surface area contributed by atoms with Gasteiger partial charge < -0.3 is 0 Å². The van der Waals surface area contributed by atoms with Crippen molar-refractivity contribution in [3.63, 3.8) is 0 Å². The monoisotopic (exact) mass is 332 g/mol. The Bertz CT molecular complexity index is 733. The number of rotatable bonds is 4. The van der Waals surface area contributed by atoms with Crippen LogP contribution in [0.1, 0.15) is 22.6 Å². The molecule has 0 saturated carbocycles. The second-order valence-electron chi connectivity index (χ2n) is 5.45. The van der Waals surface area contributed by atoms with Crippen LogP contribution in [0, 0.1) is 13.8 Å². The summed E-state index contributed by atoms with van der Waals surface area (Å²) in [5, 5.41) is 0. The van der Waals surface area contributed by atoms with Crippen LogP contribution in [0.5, 0.6) is 0 Å². The molecule has 0 heterocycles.